The van der Waals surface area contributed by atoms with Gasteiger partial charge in [0.2, 0.25) is 12.3 Å². The largest absolute Gasteiger partial charge is 0.416 e. The summed E-state index contributed by atoms with van der Waals surface area (Å²) in [6.07, 6.45) is -0.814. The van der Waals surface area contributed by atoms with Crippen molar-refractivity contribution in [2.75, 3.05) is 13.2 Å². The first-order valence-electron chi connectivity index (χ1n) is 11.6. The van der Waals surface area contributed by atoms with Crippen LogP contribution in [0.5, 0.6) is 0 Å². The van der Waals surface area contributed by atoms with E-state index in [2.05, 4.69) is 10.3 Å². The Kier molecular flexibility index (Phi) is 5.50. The number of rotatable bonds is 3. The van der Waals surface area contributed by atoms with E-state index in [4.69, 9.17) is 4.74 Å². The van der Waals surface area contributed by atoms with E-state index >= 15 is 0 Å². The predicted molar refractivity (Wildman–Crippen MR) is 116 cm³/mol. The molecule has 5 rings (SSSR count). The molecule has 3 unspecified atom stereocenters. The molecule has 1 aromatic carbocycles. The lowest BCUT2D eigenvalue weighted by Crippen LogP contribution is -2.49. The Morgan fingerprint density at radius 3 is 2.59 bits per heavy atom. The molecule has 2 aliphatic heterocycles. The molecule has 3 atom stereocenters. The third-order valence-electron chi connectivity index (χ3n) is 7.98. The van der Waals surface area contributed by atoms with E-state index in [9.17, 15) is 27.6 Å². The molecule has 2 fully saturated rings. The van der Waals surface area contributed by atoms with Gasteiger partial charge in [-0.1, -0.05) is 0 Å². The molecule has 1 spiro atoms. The predicted octanol–water partition coefficient (Wildman–Crippen LogP) is 2.72. The van der Waals surface area contributed by atoms with Crippen LogP contribution in [0.4, 0.5) is 13.2 Å². The summed E-state index contributed by atoms with van der Waals surface area (Å²) in [6, 6.07) is 1.20. The Hall–Kier alpha value is -2.82. The van der Waals surface area contributed by atoms with Gasteiger partial charge < -0.3 is 19.9 Å². The van der Waals surface area contributed by atoms with Crippen molar-refractivity contribution in [3.8, 4) is 0 Å². The topological polar surface area (TPSA) is 96.4 Å². The molecule has 2 amide bonds. The average molecular weight is 480 g/mol. The SMILES string of the molecule is CC1n2c(=O)[nH]c3cc(C(F)(F)F)cc(c32)CNC(=O)C12CCC(N(C=O)C1CCOCC1)C2. The van der Waals surface area contributed by atoms with Crippen molar-refractivity contribution in [2.24, 2.45) is 5.41 Å². The first-order chi connectivity index (χ1) is 16.2. The Balaban J connectivity index is 1.55. The molecule has 1 saturated heterocycles. The van der Waals surface area contributed by atoms with Crippen LogP contribution in [0.2, 0.25) is 0 Å². The Labute approximate surface area is 193 Å². The number of H-pyrrole nitrogens is 1. The highest BCUT2D eigenvalue weighted by atomic mass is 19.4. The Bertz CT molecular complexity index is 1180. The van der Waals surface area contributed by atoms with E-state index in [0.717, 1.165) is 31.4 Å². The number of carbonyl (C=O) groups excluding carboxylic acids is 2. The van der Waals surface area contributed by atoms with Crippen LogP contribution in [-0.2, 0) is 27.0 Å². The van der Waals surface area contributed by atoms with E-state index in [1.54, 1.807) is 11.8 Å². The second-order valence-electron chi connectivity index (χ2n) is 9.64. The van der Waals surface area contributed by atoms with Crippen LogP contribution in [0.1, 0.15) is 56.2 Å². The van der Waals surface area contributed by atoms with Crippen molar-refractivity contribution in [3.63, 3.8) is 0 Å². The molecule has 11 heteroatoms. The van der Waals surface area contributed by atoms with E-state index < -0.39 is 28.9 Å². The van der Waals surface area contributed by atoms with Crippen molar-refractivity contribution >= 4 is 23.4 Å². The highest BCUT2D eigenvalue weighted by molar-refractivity contribution is 5.87. The van der Waals surface area contributed by atoms with Gasteiger partial charge in [0.15, 0.2) is 0 Å². The summed E-state index contributed by atoms with van der Waals surface area (Å²) in [4.78, 5) is 42.9. The standard InChI is InChI=1S/C23H27F3N4O4/c1-13-22(5-2-17(10-22)29(12-31)16-3-6-34-7-4-16)20(32)27-11-14-8-15(23(24,25)26)9-18-19(14)30(13)21(33)28-18/h8-9,12-13,16-17H,2-7,10-11H2,1H3,(H,27,32)(H,28,33). The second-order valence-corrected chi connectivity index (χ2v) is 9.64. The smallest absolute Gasteiger partial charge is 0.381 e. The number of carbonyl (C=O) groups is 2. The first-order valence-corrected chi connectivity index (χ1v) is 11.6. The Morgan fingerprint density at radius 2 is 1.91 bits per heavy atom. The highest BCUT2D eigenvalue weighted by Crippen LogP contribution is 2.50. The van der Waals surface area contributed by atoms with Gasteiger partial charge in [0.25, 0.3) is 0 Å². The van der Waals surface area contributed by atoms with Crippen LogP contribution >= 0.6 is 0 Å². The number of hydrogen-bond acceptors (Lipinski definition) is 4. The monoisotopic (exact) mass is 480 g/mol. The summed E-state index contributed by atoms with van der Waals surface area (Å²) < 4.78 is 47.1. The average Bonchev–Trinajstić information content (AvgIpc) is 3.39. The molecule has 1 aliphatic carbocycles. The summed E-state index contributed by atoms with van der Waals surface area (Å²) in [7, 11) is 0. The fourth-order valence-corrected chi connectivity index (χ4v) is 6.15. The maximum Gasteiger partial charge on any atom is 0.416 e. The zero-order valence-electron chi connectivity index (χ0n) is 18.8. The van der Waals surface area contributed by atoms with E-state index in [1.807, 2.05) is 0 Å². The van der Waals surface area contributed by atoms with E-state index in [-0.39, 0.29) is 35.6 Å². The molecule has 8 nitrogen and oxygen atoms in total. The summed E-state index contributed by atoms with van der Waals surface area (Å²) in [5, 5.41) is 2.83. The van der Waals surface area contributed by atoms with Gasteiger partial charge in [-0.15, -0.1) is 0 Å². The van der Waals surface area contributed by atoms with Crippen molar-refractivity contribution in [1.82, 2.24) is 19.8 Å². The van der Waals surface area contributed by atoms with Gasteiger partial charge in [-0.2, -0.15) is 13.2 Å². The molecule has 1 saturated carbocycles. The number of hydrogen-bond donors (Lipinski definition) is 2. The highest BCUT2D eigenvalue weighted by Gasteiger charge is 2.53. The summed E-state index contributed by atoms with van der Waals surface area (Å²) in [5.41, 5.74) is -1.67. The maximum atomic E-state index is 13.5. The normalized spacial score (nSPS) is 28.1. The lowest BCUT2D eigenvalue weighted by Gasteiger charge is -2.39. The number of ether oxygens (including phenoxy) is 1. The van der Waals surface area contributed by atoms with Gasteiger partial charge in [0.1, 0.15) is 0 Å². The third kappa shape index (κ3) is 3.52. The minimum Gasteiger partial charge on any atom is -0.381 e. The zero-order chi connectivity index (χ0) is 24.3. The number of amides is 2. The van der Waals surface area contributed by atoms with Crippen LogP contribution in [0.25, 0.3) is 11.0 Å². The van der Waals surface area contributed by atoms with Gasteiger partial charge >= 0.3 is 11.9 Å². The summed E-state index contributed by atoms with van der Waals surface area (Å²) >= 11 is 0. The first kappa shape index (κ1) is 22.9. The fraction of sp³-hybridized carbons (Fsp3) is 0.609. The van der Waals surface area contributed by atoms with E-state index in [0.29, 0.717) is 38.0 Å². The van der Waals surface area contributed by atoms with Crippen molar-refractivity contribution < 1.29 is 27.5 Å². The molecule has 0 bridgehead atoms. The third-order valence-corrected chi connectivity index (χ3v) is 7.98. The van der Waals surface area contributed by atoms with Gasteiger partial charge in [-0.3, -0.25) is 14.2 Å². The number of nitrogens with zero attached hydrogens (tertiary/aromatic N) is 2. The minimum atomic E-state index is -4.58. The number of nitrogens with one attached hydrogen (secondary N) is 2. The molecule has 184 valence electrons. The number of benzene rings is 1. The van der Waals surface area contributed by atoms with Gasteiger partial charge in [0.05, 0.1) is 28.1 Å². The molecule has 3 heterocycles. The van der Waals surface area contributed by atoms with E-state index in [1.165, 1.54) is 4.57 Å². The summed E-state index contributed by atoms with van der Waals surface area (Å²) in [5.74, 6) is -0.301. The molecule has 1 aromatic heterocycles. The van der Waals surface area contributed by atoms with Gasteiger partial charge in [0, 0.05) is 31.8 Å². The number of alkyl halides is 3. The number of aromatic amines is 1. The lowest BCUT2D eigenvalue weighted by atomic mass is 9.77. The van der Waals surface area contributed by atoms with Crippen molar-refractivity contribution in [3.05, 3.63) is 33.7 Å². The number of halogens is 3. The molecule has 2 aromatic rings. The van der Waals surface area contributed by atoms with Crippen molar-refractivity contribution in [2.45, 2.75) is 69.9 Å². The van der Waals surface area contributed by atoms with Gasteiger partial charge in [-0.05, 0) is 56.7 Å². The molecular weight excluding hydrogens is 453 g/mol. The maximum absolute atomic E-state index is 13.5. The van der Waals surface area contributed by atoms with Crippen LogP contribution in [0.15, 0.2) is 16.9 Å². The fourth-order valence-electron chi connectivity index (χ4n) is 6.15. The van der Waals surface area contributed by atoms with Gasteiger partial charge in [-0.25, -0.2) is 4.79 Å². The molecule has 34 heavy (non-hydrogen) atoms. The minimum absolute atomic E-state index is 0.0431. The van der Waals surface area contributed by atoms with Crippen LogP contribution in [0.3, 0.4) is 0 Å². The number of aromatic nitrogens is 2. The lowest BCUT2D eigenvalue weighted by molar-refractivity contribution is -0.137. The van der Waals surface area contributed by atoms with Crippen LogP contribution < -0.4 is 11.0 Å². The second kappa shape index (κ2) is 8.14. The Morgan fingerprint density at radius 1 is 1.18 bits per heavy atom. The molecule has 2 N–H and O–H groups in total. The number of imidazole rings is 1. The molecule has 0 radical (unpaired) electrons. The van der Waals surface area contributed by atoms with Crippen LogP contribution in [-0.4, -0.2) is 52.1 Å². The quantitative estimate of drug-likeness (QED) is 0.661. The zero-order valence-corrected chi connectivity index (χ0v) is 18.8. The molecule has 3 aliphatic rings. The van der Waals surface area contributed by atoms with Crippen molar-refractivity contribution in [1.29, 1.82) is 0 Å². The van der Waals surface area contributed by atoms with Crippen LogP contribution in [0, 0.1) is 5.41 Å². The molecular formula is C23H27F3N4O4. The summed E-state index contributed by atoms with van der Waals surface area (Å²) in [6.45, 7) is 2.81.